The number of nitrogens with one attached hydrogen (secondary N) is 1. The molecule has 0 bridgehead atoms. The molecular weight excluding hydrogens is 486 g/mol. The molecule has 1 aromatic rings. The molecule has 0 aliphatic heterocycles. The monoisotopic (exact) mass is 531 g/mol. The van der Waals surface area contributed by atoms with Crippen LogP contribution in [0.2, 0.25) is 0 Å². The molecule has 39 heavy (non-hydrogen) atoms. The molecular formula is C33H45N3O3. The number of fused-ring (bicyclic) bond motifs is 5. The number of aliphatic imine (C=N–C) groups is 1. The Morgan fingerprint density at radius 2 is 1.74 bits per heavy atom. The third-order valence-electron chi connectivity index (χ3n) is 10.9. The Morgan fingerprint density at radius 1 is 1.00 bits per heavy atom. The summed E-state index contributed by atoms with van der Waals surface area (Å²) in [5.74, 6) is 2.37. The molecule has 4 aliphatic rings. The topological polar surface area (TPSA) is 94.3 Å². The highest BCUT2D eigenvalue weighted by molar-refractivity contribution is 6.21. The maximum absolute atomic E-state index is 12.4. The molecule has 0 amide bonds. The van der Waals surface area contributed by atoms with Gasteiger partial charge >= 0.3 is 0 Å². The number of ketones is 1. The number of hydrogen-bond donors (Lipinski definition) is 3. The van der Waals surface area contributed by atoms with Crippen molar-refractivity contribution in [2.75, 3.05) is 0 Å². The van der Waals surface area contributed by atoms with E-state index in [1.165, 1.54) is 38.7 Å². The second-order valence-electron chi connectivity index (χ2n) is 13.0. The van der Waals surface area contributed by atoms with Crippen molar-refractivity contribution in [3.8, 4) is 0 Å². The Kier molecular flexibility index (Phi) is 7.62. The average Bonchev–Trinajstić information content (AvgIpc) is 3.25. The van der Waals surface area contributed by atoms with Crippen LogP contribution in [0.3, 0.4) is 0 Å². The van der Waals surface area contributed by atoms with Crippen LogP contribution >= 0.6 is 0 Å². The van der Waals surface area contributed by atoms with E-state index in [-0.39, 0.29) is 39.9 Å². The maximum Gasteiger partial charge on any atom is 0.166 e. The first-order valence-electron chi connectivity index (χ1n) is 14.8. The van der Waals surface area contributed by atoms with Crippen molar-refractivity contribution in [2.24, 2.45) is 44.6 Å². The summed E-state index contributed by atoms with van der Waals surface area (Å²) in [6.45, 7) is 10.0. The third kappa shape index (κ3) is 5.01. The lowest BCUT2D eigenvalue weighted by Gasteiger charge is -2.58. The Labute approximate surface area is 233 Å². The Hall–Kier alpha value is -2.73. The number of para-hydroxylation sites is 1. The Bertz CT molecular complexity index is 1230. The van der Waals surface area contributed by atoms with Gasteiger partial charge in [-0.3, -0.25) is 10.2 Å². The molecule has 0 aromatic heterocycles. The van der Waals surface area contributed by atoms with E-state index in [0.717, 1.165) is 37.8 Å². The molecule has 3 N–H and O–H groups in total. The van der Waals surface area contributed by atoms with Gasteiger partial charge in [0.2, 0.25) is 0 Å². The number of carbonyl (C=O) groups is 1. The summed E-state index contributed by atoms with van der Waals surface area (Å²) in [6.07, 6.45) is 11.1. The number of aliphatic hydroxyl groups is 2. The van der Waals surface area contributed by atoms with Gasteiger partial charge in [0.05, 0.1) is 17.4 Å². The molecule has 0 radical (unpaired) electrons. The van der Waals surface area contributed by atoms with Gasteiger partial charge in [-0.25, -0.2) is 4.99 Å². The quantitative estimate of drug-likeness (QED) is 0.0948. The number of allylic oxidation sites excluding steroid dienone is 2. The fraction of sp³-hybridized carbons (Fsp3) is 0.606. The molecule has 0 saturated heterocycles. The summed E-state index contributed by atoms with van der Waals surface area (Å²) in [4.78, 5) is 17.1. The van der Waals surface area contributed by atoms with Crippen LogP contribution in [0.15, 0.2) is 63.4 Å². The molecule has 3 saturated carbocycles. The largest absolute Gasteiger partial charge is 0.512 e. The van der Waals surface area contributed by atoms with E-state index >= 15 is 0 Å². The predicted molar refractivity (Wildman–Crippen MR) is 157 cm³/mol. The first-order chi connectivity index (χ1) is 18.5. The molecule has 7 atom stereocenters. The van der Waals surface area contributed by atoms with Crippen LogP contribution in [-0.2, 0) is 4.79 Å². The van der Waals surface area contributed by atoms with Gasteiger partial charge in [0.1, 0.15) is 5.76 Å². The normalized spacial score (nSPS) is 37.2. The molecule has 0 heterocycles. The van der Waals surface area contributed by atoms with Crippen LogP contribution in [0.1, 0.15) is 86.0 Å². The standard InChI is InChI=1S/C33H45N3O3/c1-20(35-36-31(30(21(2)37)22(3)38)34-24-9-7-6-8-10-24)27-13-14-28-26-12-11-23-19-25(39)15-17-32(23,4)29(26)16-18-33(27,28)5/h6-11,25-29,37,39H,12-19H2,1-5H3,(H,34,36)/b30-21-,35-20+/t25-,26-,27+,28-,29-,32-,33+/m0/s1. The molecule has 3 fully saturated rings. The molecule has 6 nitrogen and oxygen atoms in total. The van der Waals surface area contributed by atoms with Gasteiger partial charge in [-0.1, -0.05) is 43.7 Å². The highest BCUT2D eigenvalue weighted by atomic mass is 16.3. The first-order valence-corrected chi connectivity index (χ1v) is 14.8. The third-order valence-corrected chi connectivity index (χ3v) is 10.9. The minimum absolute atomic E-state index is 0.0720. The van der Waals surface area contributed by atoms with Crippen molar-refractivity contribution in [1.29, 1.82) is 0 Å². The minimum atomic E-state index is -0.260. The van der Waals surface area contributed by atoms with E-state index in [9.17, 15) is 15.0 Å². The Balaban J connectivity index is 1.39. The van der Waals surface area contributed by atoms with Crippen LogP contribution in [-0.4, -0.2) is 33.6 Å². The van der Waals surface area contributed by atoms with Crippen LogP contribution < -0.4 is 5.43 Å². The van der Waals surface area contributed by atoms with Crippen molar-refractivity contribution >= 4 is 23.0 Å². The zero-order chi connectivity index (χ0) is 27.9. The van der Waals surface area contributed by atoms with Crippen LogP contribution in [0.5, 0.6) is 0 Å². The summed E-state index contributed by atoms with van der Waals surface area (Å²) in [5.41, 5.74) is 6.92. The van der Waals surface area contributed by atoms with Gasteiger partial charge in [-0.05, 0) is 113 Å². The van der Waals surface area contributed by atoms with E-state index in [1.54, 1.807) is 0 Å². The molecule has 5 rings (SSSR count). The van der Waals surface area contributed by atoms with E-state index < -0.39 is 0 Å². The number of Topliss-reactive ketones (excluding diaryl/α,β-unsaturated/α-hetero) is 1. The predicted octanol–water partition coefficient (Wildman–Crippen LogP) is 7.04. The second kappa shape index (κ2) is 10.7. The molecule has 1 aromatic carbocycles. The van der Waals surface area contributed by atoms with Crippen molar-refractivity contribution in [1.82, 2.24) is 5.43 Å². The fourth-order valence-electron chi connectivity index (χ4n) is 8.91. The van der Waals surface area contributed by atoms with Crippen molar-refractivity contribution in [3.05, 3.63) is 53.3 Å². The van der Waals surface area contributed by atoms with Crippen LogP contribution in [0.4, 0.5) is 5.69 Å². The summed E-state index contributed by atoms with van der Waals surface area (Å²) in [5, 5.41) is 25.4. The summed E-state index contributed by atoms with van der Waals surface area (Å²) in [7, 11) is 0. The SMILES string of the molecule is CC(=O)/C(C(=Nc1ccccc1)N/N=C(\C)[C@H]1CC[C@H]2[C@@H]3CC=C4C[C@@H](O)CC[C@]4(C)[C@H]3CC[C@]12C)=C(\C)O. The zero-order valence-electron chi connectivity index (χ0n) is 24.2. The maximum atomic E-state index is 12.4. The van der Waals surface area contributed by atoms with Gasteiger partial charge in [0.15, 0.2) is 11.6 Å². The fourth-order valence-corrected chi connectivity index (χ4v) is 8.91. The van der Waals surface area contributed by atoms with E-state index in [0.29, 0.717) is 29.4 Å². The average molecular weight is 532 g/mol. The lowest BCUT2D eigenvalue weighted by molar-refractivity contribution is -0.113. The number of hydrogen-bond acceptors (Lipinski definition) is 5. The number of carbonyl (C=O) groups excluding carboxylic acids is 1. The van der Waals surface area contributed by atoms with E-state index in [1.807, 2.05) is 30.3 Å². The number of nitrogens with zero attached hydrogens (tertiary/aromatic N) is 2. The van der Waals surface area contributed by atoms with Crippen LogP contribution in [0, 0.1) is 34.5 Å². The van der Waals surface area contributed by atoms with Crippen molar-refractivity contribution in [2.45, 2.75) is 92.1 Å². The van der Waals surface area contributed by atoms with Gasteiger partial charge in [0, 0.05) is 11.6 Å². The van der Waals surface area contributed by atoms with Gasteiger partial charge in [0.25, 0.3) is 0 Å². The van der Waals surface area contributed by atoms with E-state index in [4.69, 9.17) is 5.10 Å². The highest BCUT2D eigenvalue weighted by Crippen LogP contribution is 2.66. The summed E-state index contributed by atoms with van der Waals surface area (Å²) < 4.78 is 0. The minimum Gasteiger partial charge on any atom is -0.512 e. The van der Waals surface area contributed by atoms with Crippen molar-refractivity contribution in [3.63, 3.8) is 0 Å². The highest BCUT2D eigenvalue weighted by Gasteiger charge is 2.59. The lowest BCUT2D eigenvalue weighted by atomic mass is 9.47. The van der Waals surface area contributed by atoms with E-state index in [2.05, 4.69) is 37.3 Å². The lowest BCUT2D eigenvalue weighted by Crippen LogP contribution is -2.51. The number of rotatable bonds is 5. The summed E-state index contributed by atoms with van der Waals surface area (Å²) >= 11 is 0. The number of benzene rings is 1. The molecule has 0 unspecified atom stereocenters. The summed E-state index contributed by atoms with van der Waals surface area (Å²) in [6, 6.07) is 9.43. The van der Waals surface area contributed by atoms with Gasteiger partial charge in [-0.15, -0.1) is 0 Å². The Morgan fingerprint density at radius 3 is 2.44 bits per heavy atom. The van der Waals surface area contributed by atoms with Crippen LogP contribution in [0.25, 0.3) is 0 Å². The smallest absolute Gasteiger partial charge is 0.166 e. The zero-order valence-corrected chi connectivity index (χ0v) is 24.2. The number of hydrazone groups is 1. The van der Waals surface area contributed by atoms with Gasteiger partial charge in [-0.2, -0.15) is 5.10 Å². The van der Waals surface area contributed by atoms with Crippen molar-refractivity contribution < 1.29 is 15.0 Å². The molecule has 0 spiro atoms. The molecule has 4 aliphatic carbocycles. The first kappa shape index (κ1) is 27.8. The number of amidine groups is 1. The second-order valence-corrected chi connectivity index (χ2v) is 13.0. The molecule has 210 valence electrons. The molecule has 6 heteroatoms. The van der Waals surface area contributed by atoms with Gasteiger partial charge < -0.3 is 10.2 Å². The number of aliphatic hydroxyl groups excluding tert-OH is 2.